The summed E-state index contributed by atoms with van der Waals surface area (Å²) in [5.74, 6) is 2.25. The van der Waals surface area contributed by atoms with Crippen LogP contribution in [0.2, 0.25) is 0 Å². The van der Waals surface area contributed by atoms with Gasteiger partial charge >= 0.3 is 0 Å². The van der Waals surface area contributed by atoms with E-state index in [1.165, 1.54) is 11.3 Å². The average Bonchev–Trinajstić information content (AvgIpc) is 4.04. The number of carbonyl (C=O) groups is 3. The van der Waals surface area contributed by atoms with Crippen molar-refractivity contribution in [1.29, 1.82) is 0 Å². The Morgan fingerprint density at radius 1 is 1.02 bits per heavy atom. The highest BCUT2D eigenvalue weighted by Gasteiger charge is 2.37. The molecule has 0 unspecified atom stereocenters. The quantitative estimate of drug-likeness (QED) is 0.187. The number of benzene rings is 2. The highest BCUT2D eigenvalue weighted by molar-refractivity contribution is 7.17. The Morgan fingerprint density at radius 3 is 2.52 bits per heavy atom. The van der Waals surface area contributed by atoms with Crippen molar-refractivity contribution in [2.24, 2.45) is 11.8 Å². The summed E-state index contributed by atoms with van der Waals surface area (Å²) in [5, 5.41) is 10.4. The van der Waals surface area contributed by atoms with E-state index in [1.54, 1.807) is 25.4 Å². The zero-order valence-corrected chi connectivity index (χ0v) is 27.8. The largest absolute Gasteiger partial charge is 0.497 e. The molecule has 2 fully saturated rings. The van der Waals surface area contributed by atoms with Gasteiger partial charge in [0.15, 0.2) is 5.69 Å². The zero-order valence-electron chi connectivity index (χ0n) is 27.0. The number of methoxy groups -OCH3 is 2. The molecule has 11 nitrogen and oxygen atoms in total. The molecule has 12 heteroatoms. The van der Waals surface area contributed by atoms with Crippen LogP contribution in [0.1, 0.15) is 75.0 Å². The third kappa shape index (κ3) is 5.78. The predicted molar refractivity (Wildman–Crippen MR) is 184 cm³/mol. The fraction of sp³-hybridized carbons (Fsp3) is 0.389. The molecule has 3 heterocycles. The van der Waals surface area contributed by atoms with Crippen LogP contribution in [0, 0.1) is 11.8 Å². The number of rotatable bonds is 10. The second-order valence-electron chi connectivity index (χ2n) is 13.1. The van der Waals surface area contributed by atoms with E-state index in [2.05, 4.69) is 20.9 Å². The number of carbonyl (C=O) groups excluding carboxylic acids is 3. The lowest BCUT2D eigenvalue weighted by molar-refractivity contribution is -0.117. The summed E-state index contributed by atoms with van der Waals surface area (Å²) in [4.78, 5) is 48.3. The lowest BCUT2D eigenvalue weighted by Gasteiger charge is -2.26. The van der Waals surface area contributed by atoms with Gasteiger partial charge < -0.3 is 34.9 Å². The first kappa shape index (κ1) is 30.5. The predicted octanol–water partition coefficient (Wildman–Crippen LogP) is 6.08. The SMILES string of the molecule is COc1ccc(CN2C(=O)c3ncn([C@H]4CCc5sc(NC(=O)C6CC6)c(C(=O)NCC6CC6)c5C4)c3Nc3cc(OC)ccc32)cc1. The van der Waals surface area contributed by atoms with Crippen molar-refractivity contribution < 1.29 is 23.9 Å². The van der Waals surface area contributed by atoms with Gasteiger partial charge in [0, 0.05) is 29.4 Å². The normalized spacial score (nSPS) is 18.2. The third-order valence-electron chi connectivity index (χ3n) is 9.78. The molecule has 48 heavy (non-hydrogen) atoms. The number of fused-ring (bicyclic) bond motifs is 3. The number of nitrogens with zero attached hydrogens (tertiary/aromatic N) is 3. The molecular formula is C36H38N6O5S. The number of amides is 3. The van der Waals surface area contributed by atoms with E-state index in [-0.39, 0.29) is 29.7 Å². The van der Waals surface area contributed by atoms with Crippen molar-refractivity contribution >= 4 is 51.3 Å². The Kier molecular flexibility index (Phi) is 7.82. The fourth-order valence-electron chi connectivity index (χ4n) is 6.67. The van der Waals surface area contributed by atoms with Gasteiger partial charge in [0.1, 0.15) is 22.3 Å². The standard InChI is InChI=1S/C36H38N6O5S/c1-46-24-10-5-21(6-11-24)18-41-28-13-12-25(47-2)16-27(28)39-32-31(36(41)45)38-19-42(32)23-9-14-29-26(15-23)30(34(44)37-17-20-3-4-20)35(48-29)40-33(43)22-7-8-22/h5-6,10-13,16,19-20,22-23,39H,3-4,7-9,14-15,17-18H2,1-2H3,(H,37,44)(H,40,43)/t23-/m0/s1. The Morgan fingerprint density at radius 2 is 1.79 bits per heavy atom. The molecular weight excluding hydrogens is 629 g/mol. The summed E-state index contributed by atoms with van der Waals surface area (Å²) >= 11 is 1.53. The summed E-state index contributed by atoms with van der Waals surface area (Å²) in [6.45, 7) is 0.992. The van der Waals surface area contributed by atoms with Crippen LogP contribution in [0.4, 0.5) is 22.2 Å². The maximum Gasteiger partial charge on any atom is 0.281 e. The number of aryl methyl sites for hydroxylation is 1. The van der Waals surface area contributed by atoms with E-state index in [4.69, 9.17) is 9.47 Å². The Bertz CT molecular complexity index is 1910. The average molecular weight is 667 g/mol. The molecule has 3 aliphatic carbocycles. The highest BCUT2D eigenvalue weighted by Crippen LogP contribution is 2.45. The van der Waals surface area contributed by atoms with Crippen LogP contribution in [0.5, 0.6) is 11.5 Å². The molecule has 248 valence electrons. The van der Waals surface area contributed by atoms with Gasteiger partial charge in [-0.05, 0) is 86.3 Å². The lowest BCUT2D eigenvalue weighted by atomic mass is 9.91. The molecule has 2 aromatic heterocycles. The van der Waals surface area contributed by atoms with Crippen molar-refractivity contribution in [3.05, 3.63) is 76.1 Å². The molecule has 2 saturated carbocycles. The van der Waals surface area contributed by atoms with E-state index in [1.807, 2.05) is 47.0 Å². The second-order valence-corrected chi connectivity index (χ2v) is 14.2. The lowest BCUT2D eigenvalue weighted by Crippen LogP contribution is -2.30. The number of anilines is 4. The molecule has 0 radical (unpaired) electrons. The number of hydrogen-bond acceptors (Lipinski definition) is 8. The van der Waals surface area contributed by atoms with Crippen LogP contribution in [-0.2, 0) is 24.2 Å². The number of imidazole rings is 1. The second kappa shape index (κ2) is 12.3. The first-order valence-corrected chi connectivity index (χ1v) is 17.4. The van der Waals surface area contributed by atoms with E-state index < -0.39 is 0 Å². The maximum absolute atomic E-state index is 14.3. The van der Waals surface area contributed by atoms with Crippen molar-refractivity contribution in [3.63, 3.8) is 0 Å². The molecule has 0 bridgehead atoms. The van der Waals surface area contributed by atoms with E-state index in [9.17, 15) is 14.4 Å². The molecule has 2 aromatic carbocycles. The van der Waals surface area contributed by atoms with Gasteiger partial charge in [0.2, 0.25) is 5.91 Å². The summed E-state index contributed by atoms with van der Waals surface area (Å²) in [6, 6.07) is 13.2. The monoisotopic (exact) mass is 666 g/mol. The number of aromatic nitrogens is 2. The van der Waals surface area contributed by atoms with E-state index >= 15 is 0 Å². The van der Waals surface area contributed by atoms with E-state index in [0.717, 1.165) is 71.7 Å². The van der Waals surface area contributed by atoms with Crippen molar-refractivity contribution in [2.45, 2.75) is 57.5 Å². The molecule has 3 amide bonds. The Balaban J connectivity index is 1.13. The van der Waals surface area contributed by atoms with Gasteiger partial charge in [-0.2, -0.15) is 0 Å². The number of nitrogens with one attached hydrogen (secondary N) is 3. The highest BCUT2D eigenvalue weighted by atomic mass is 32.1. The summed E-state index contributed by atoms with van der Waals surface area (Å²) < 4.78 is 12.9. The van der Waals surface area contributed by atoms with Crippen LogP contribution >= 0.6 is 11.3 Å². The van der Waals surface area contributed by atoms with E-state index in [0.29, 0.717) is 53.3 Å². The molecule has 0 saturated heterocycles. The smallest absolute Gasteiger partial charge is 0.281 e. The molecule has 1 aliphatic heterocycles. The number of thiophene rings is 1. The van der Waals surface area contributed by atoms with Crippen LogP contribution in [0.3, 0.4) is 0 Å². The van der Waals surface area contributed by atoms with Gasteiger partial charge in [-0.3, -0.25) is 14.4 Å². The minimum absolute atomic E-state index is 0.00248. The molecule has 3 N–H and O–H groups in total. The van der Waals surface area contributed by atoms with Crippen LogP contribution in [0.25, 0.3) is 0 Å². The topological polar surface area (TPSA) is 127 Å². The fourth-order valence-corrected chi connectivity index (χ4v) is 7.91. The third-order valence-corrected chi connectivity index (χ3v) is 11.0. The Hall–Kier alpha value is -4.84. The molecule has 4 aliphatic rings. The minimum Gasteiger partial charge on any atom is -0.497 e. The van der Waals surface area contributed by atoms with Gasteiger partial charge in [0.05, 0.1) is 44.0 Å². The summed E-state index contributed by atoms with van der Waals surface area (Å²) in [5.41, 5.74) is 4.29. The number of hydrogen-bond donors (Lipinski definition) is 3. The van der Waals surface area contributed by atoms with Gasteiger partial charge in [-0.15, -0.1) is 11.3 Å². The van der Waals surface area contributed by atoms with Crippen LogP contribution in [0.15, 0.2) is 48.8 Å². The van der Waals surface area contributed by atoms with Crippen LogP contribution < -0.4 is 30.3 Å². The summed E-state index contributed by atoms with van der Waals surface area (Å²) in [6.07, 6.45) is 7.93. The Labute approximate surface area is 282 Å². The first-order valence-electron chi connectivity index (χ1n) is 16.6. The van der Waals surface area contributed by atoms with Gasteiger partial charge in [-0.25, -0.2) is 4.98 Å². The molecule has 1 atom stereocenters. The van der Waals surface area contributed by atoms with Gasteiger partial charge in [-0.1, -0.05) is 12.1 Å². The van der Waals surface area contributed by atoms with Crippen LogP contribution in [-0.4, -0.2) is 48.0 Å². The molecule has 8 rings (SSSR count). The van der Waals surface area contributed by atoms with Crippen molar-refractivity contribution in [3.8, 4) is 11.5 Å². The number of ether oxygens (including phenoxy) is 2. The summed E-state index contributed by atoms with van der Waals surface area (Å²) in [7, 11) is 3.25. The maximum atomic E-state index is 14.3. The minimum atomic E-state index is -0.215. The zero-order chi connectivity index (χ0) is 32.9. The van der Waals surface area contributed by atoms with Crippen molar-refractivity contribution in [2.75, 3.05) is 36.3 Å². The van der Waals surface area contributed by atoms with Crippen molar-refractivity contribution in [1.82, 2.24) is 14.9 Å². The van der Waals surface area contributed by atoms with Gasteiger partial charge in [0.25, 0.3) is 11.8 Å². The first-order chi connectivity index (χ1) is 23.4. The molecule has 0 spiro atoms. The molecule has 4 aromatic rings.